The van der Waals surface area contributed by atoms with Crippen LogP contribution in [0.3, 0.4) is 0 Å². The molecule has 1 saturated heterocycles. The minimum atomic E-state index is -0.471. The van der Waals surface area contributed by atoms with Crippen molar-refractivity contribution in [1.29, 1.82) is 0 Å². The molecule has 0 aliphatic carbocycles. The molecule has 1 N–H and O–H groups in total. The minimum absolute atomic E-state index is 0.00549. The molecule has 2 atom stereocenters. The second kappa shape index (κ2) is 7.33. The molecule has 1 fully saturated rings. The number of hydrogen-bond acceptors (Lipinski definition) is 5. The Kier molecular flexibility index (Phi) is 6.07. The first-order chi connectivity index (χ1) is 8.52. The van der Waals surface area contributed by atoms with E-state index < -0.39 is 6.10 Å². The summed E-state index contributed by atoms with van der Waals surface area (Å²) in [6, 6.07) is 0. The Morgan fingerprint density at radius 3 is 2.89 bits per heavy atom. The molecule has 0 bridgehead atoms. The number of aliphatic hydroxyl groups is 1. The van der Waals surface area contributed by atoms with Gasteiger partial charge in [0.1, 0.15) is 0 Å². The van der Waals surface area contributed by atoms with E-state index in [2.05, 4.69) is 4.74 Å². The van der Waals surface area contributed by atoms with Gasteiger partial charge >= 0.3 is 5.97 Å². The van der Waals surface area contributed by atoms with Crippen molar-refractivity contribution in [3.63, 3.8) is 0 Å². The number of carbonyl (C=O) groups is 2. The molecular weight excluding hydrogens is 238 g/mol. The monoisotopic (exact) mass is 259 g/mol. The topological polar surface area (TPSA) is 76.1 Å². The third kappa shape index (κ3) is 5.01. The molecule has 104 valence electrons. The van der Waals surface area contributed by atoms with Gasteiger partial charge in [0, 0.05) is 19.5 Å². The maximum absolute atomic E-state index is 11.8. The molecule has 0 spiro atoms. The van der Waals surface area contributed by atoms with Gasteiger partial charge in [-0.3, -0.25) is 9.59 Å². The lowest BCUT2D eigenvalue weighted by Crippen LogP contribution is -2.46. The van der Waals surface area contributed by atoms with Crippen molar-refractivity contribution in [3.8, 4) is 0 Å². The van der Waals surface area contributed by atoms with Crippen LogP contribution in [-0.2, 0) is 19.1 Å². The minimum Gasteiger partial charge on any atom is -0.469 e. The number of nitrogens with zero attached hydrogens (tertiary/aromatic N) is 1. The highest BCUT2D eigenvalue weighted by Gasteiger charge is 2.26. The van der Waals surface area contributed by atoms with Crippen LogP contribution >= 0.6 is 0 Å². The van der Waals surface area contributed by atoms with Gasteiger partial charge in [0.25, 0.3) is 0 Å². The zero-order valence-corrected chi connectivity index (χ0v) is 10.9. The first-order valence-corrected chi connectivity index (χ1v) is 6.17. The van der Waals surface area contributed by atoms with Crippen LogP contribution in [0, 0.1) is 0 Å². The van der Waals surface area contributed by atoms with Crippen LogP contribution in [-0.4, -0.2) is 60.9 Å². The first kappa shape index (κ1) is 14.9. The lowest BCUT2D eigenvalue weighted by Gasteiger charge is -2.32. The maximum atomic E-state index is 11.8. The molecule has 0 radical (unpaired) electrons. The normalized spacial score (nSPS) is 21.5. The number of ether oxygens (including phenoxy) is 2. The summed E-state index contributed by atoms with van der Waals surface area (Å²) in [5.74, 6) is -0.340. The van der Waals surface area contributed by atoms with Gasteiger partial charge in [0.05, 0.1) is 32.3 Å². The second-order valence-electron chi connectivity index (χ2n) is 4.50. The van der Waals surface area contributed by atoms with Crippen molar-refractivity contribution in [1.82, 2.24) is 4.90 Å². The van der Waals surface area contributed by atoms with Gasteiger partial charge in [-0.2, -0.15) is 0 Å². The van der Waals surface area contributed by atoms with Crippen LogP contribution < -0.4 is 0 Å². The number of hydrogen-bond donors (Lipinski definition) is 1. The largest absolute Gasteiger partial charge is 0.469 e. The predicted molar refractivity (Wildman–Crippen MR) is 63.9 cm³/mol. The summed E-state index contributed by atoms with van der Waals surface area (Å²) in [7, 11) is 1.33. The predicted octanol–water partition coefficient (Wildman–Crippen LogP) is -0.0621. The van der Waals surface area contributed by atoms with Crippen molar-refractivity contribution in [3.05, 3.63) is 0 Å². The van der Waals surface area contributed by atoms with Gasteiger partial charge in [0.15, 0.2) is 0 Å². The Labute approximate surface area is 107 Å². The Bertz CT molecular complexity index is 292. The van der Waals surface area contributed by atoms with Gasteiger partial charge in [-0.05, 0) is 13.3 Å². The number of esters is 1. The van der Waals surface area contributed by atoms with E-state index in [0.717, 1.165) is 0 Å². The Morgan fingerprint density at radius 1 is 1.56 bits per heavy atom. The fourth-order valence-electron chi connectivity index (χ4n) is 1.83. The van der Waals surface area contributed by atoms with Crippen molar-refractivity contribution in [2.24, 2.45) is 0 Å². The number of carbonyl (C=O) groups excluding carboxylic acids is 2. The van der Waals surface area contributed by atoms with E-state index in [1.807, 2.05) is 0 Å². The third-order valence-electron chi connectivity index (χ3n) is 2.89. The quantitative estimate of drug-likeness (QED) is 0.700. The molecule has 1 amide bonds. The molecule has 2 unspecified atom stereocenters. The lowest BCUT2D eigenvalue weighted by atomic mass is 10.1. The van der Waals surface area contributed by atoms with Crippen molar-refractivity contribution < 1.29 is 24.2 Å². The van der Waals surface area contributed by atoms with E-state index >= 15 is 0 Å². The van der Waals surface area contributed by atoms with E-state index in [9.17, 15) is 9.59 Å². The van der Waals surface area contributed by atoms with Crippen LogP contribution in [0.15, 0.2) is 0 Å². The average Bonchev–Trinajstić information content (AvgIpc) is 2.36. The molecule has 6 heteroatoms. The van der Waals surface area contributed by atoms with Crippen LogP contribution in [0.1, 0.15) is 26.2 Å². The van der Waals surface area contributed by atoms with E-state index in [1.165, 1.54) is 7.11 Å². The van der Waals surface area contributed by atoms with Crippen LogP contribution in [0.25, 0.3) is 0 Å². The lowest BCUT2D eigenvalue weighted by molar-refractivity contribution is -0.150. The number of morpholine rings is 1. The summed E-state index contributed by atoms with van der Waals surface area (Å²) in [6.07, 6.45) is 0.180. The molecule has 1 heterocycles. The van der Waals surface area contributed by atoms with E-state index in [0.29, 0.717) is 32.5 Å². The highest BCUT2D eigenvalue weighted by atomic mass is 16.5. The second-order valence-corrected chi connectivity index (χ2v) is 4.50. The molecule has 1 rings (SSSR count). The fraction of sp³-hybridized carbons (Fsp3) is 0.833. The smallest absolute Gasteiger partial charge is 0.308 e. The zero-order chi connectivity index (χ0) is 13.5. The fourth-order valence-corrected chi connectivity index (χ4v) is 1.83. The van der Waals surface area contributed by atoms with Crippen molar-refractivity contribution in [2.45, 2.75) is 38.4 Å². The van der Waals surface area contributed by atoms with E-state index in [1.54, 1.807) is 11.8 Å². The highest BCUT2D eigenvalue weighted by Crippen LogP contribution is 2.11. The van der Waals surface area contributed by atoms with E-state index in [-0.39, 0.29) is 24.4 Å². The Morgan fingerprint density at radius 2 is 2.28 bits per heavy atom. The summed E-state index contributed by atoms with van der Waals surface area (Å²) in [5.41, 5.74) is 0. The van der Waals surface area contributed by atoms with Gasteiger partial charge in [-0.15, -0.1) is 0 Å². The molecule has 1 aliphatic rings. The first-order valence-electron chi connectivity index (χ1n) is 6.17. The number of amides is 1. The summed E-state index contributed by atoms with van der Waals surface area (Å²) >= 11 is 0. The molecule has 0 aromatic rings. The van der Waals surface area contributed by atoms with Crippen LogP contribution in [0.2, 0.25) is 0 Å². The molecule has 0 saturated carbocycles. The van der Waals surface area contributed by atoms with Gasteiger partial charge in [-0.1, -0.05) is 0 Å². The molecule has 18 heavy (non-hydrogen) atoms. The number of rotatable bonds is 5. The maximum Gasteiger partial charge on any atom is 0.308 e. The third-order valence-corrected chi connectivity index (χ3v) is 2.89. The van der Waals surface area contributed by atoms with Crippen LogP contribution in [0.4, 0.5) is 0 Å². The Balaban J connectivity index is 2.38. The highest BCUT2D eigenvalue weighted by molar-refractivity contribution is 5.76. The van der Waals surface area contributed by atoms with Gasteiger partial charge < -0.3 is 19.5 Å². The summed E-state index contributed by atoms with van der Waals surface area (Å²) in [6.45, 7) is 3.04. The summed E-state index contributed by atoms with van der Waals surface area (Å²) in [4.78, 5) is 24.7. The molecule has 0 aromatic carbocycles. The van der Waals surface area contributed by atoms with Crippen molar-refractivity contribution >= 4 is 11.9 Å². The average molecular weight is 259 g/mol. The molecule has 6 nitrogen and oxygen atoms in total. The number of aliphatic hydroxyl groups excluding tert-OH is 1. The van der Waals surface area contributed by atoms with Crippen molar-refractivity contribution in [2.75, 3.05) is 26.8 Å². The summed E-state index contributed by atoms with van der Waals surface area (Å²) in [5, 5.41) is 9.15. The molecule has 1 aliphatic heterocycles. The van der Waals surface area contributed by atoms with E-state index in [4.69, 9.17) is 9.84 Å². The standard InChI is InChI=1S/C12H21NO5/c1-9(14)3-4-11(15)13-5-6-18-10(8-13)7-12(16)17-2/h9-10,14H,3-8H2,1-2H3. The van der Waals surface area contributed by atoms with Crippen LogP contribution in [0.5, 0.6) is 0 Å². The Hall–Kier alpha value is -1.14. The SMILES string of the molecule is COC(=O)CC1CN(C(=O)CCC(C)O)CCO1. The van der Waals surface area contributed by atoms with Gasteiger partial charge in [-0.25, -0.2) is 0 Å². The zero-order valence-electron chi connectivity index (χ0n) is 10.9. The summed E-state index contributed by atoms with van der Waals surface area (Å²) < 4.78 is 9.98. The van der Waals surface area contributed by atoms with Gasteiger partial charge in [0.2, 0.25) is 5.91 Å². The molecule has 0 aromatic heterocycles. The number of methoxy groups -OCH3 is 1. The molecular formula is C12H21NO5.